The average Bonchev–Trinajstić information content (AvgIpc) is 3.31. The molecule has 0 spiro atoms. The van der Waals surface area contributed by atoms with Crippen molar-refractivity contribution in [1.82, 2.24) is 4.98 Å². The van der Waals surface area contributed by atoms with Gasteiger partial charge in [-0.15, -0.1) is 22.7 Å². The Bertz CT molecular complexity index is 1250. The molecule has 0 aliphatic carbocycles. The first kappa shape index (κ1) is 20.3. The highest BCUT2D eigenvalue weighted by Gasteiger charge is 2.38. The normalized spacial score (nSPS) is 11.8. The molecule has 0 aliphatic heterocycles. The van der Waals surface area contributed by atoms with Crippen molar-refractivity contribution >= 4 is 50.2 Å². The number of nitrogen functional groups attached to an aromatic ring is 1. The Kier molecular flexibility index (Phi) is 4.99. The van der Waals surface area contributed by atoms with Gasteiger partial charge in [0.2, 0.25) is 0 Å². The number of aromatic nitrogens is 1. The van der Waals surface area contributed by atoms with Gasteiger partial charge in [0.1, 0.15) is 15.5 Å². The maximum absolute atomic E-state index is 14.0. The summed E-state index contributed by atoms with van der Waals surface area (Å²) in [7, 11) is 0. The number of fused-ring (bicyclic) bond motifs is 1. The molecule has 30 heavy (non-hydrogen) atoms. The van der Waals surface area contributed by atoms with E-state index < -0.39 is 23.5 Å². The van der Waals surface area contributed by atoms with E-state index in [1.165, 1.54) is 30.4 Å². The first-order valence-corrected chi connectivity index (χ1v) is 10.3. The van der Waals surface area contributed by atoms with Gasteiger partial charge in [-0.25, -0.2) is 9.37 Å². The summed E-state index contributed by atoms with van der Waals surface area (Å²) in [4.78, 5) is 17.6. The van der Waals surface area contributed by atoms with Crippen LogP contribution in [0.1, 0.15) is 20.8 Å². The lowest BCUT2D eigenvalue weighted by Gasteiger charge is -2.15. The van der Waals surface area contributed by atoms with Gasteiger partial charge in [0.25, 0.3) is 5.91 Å². The van der Waals surface area contributed by atoms with Gasteiger partial charge in [-0.3, -0.25) is 4.79 Å². The zero-order valence-corrected chi connectivity index (χ0v) is 16.9. The summed E-state index contributed by atoms with van der Waals surface area (Å²) < 4.78 is 54.9. The largest absolute Gasteiger partial charge is 0.417 e. The van der Waals surface area contributed by atoms with E-state index >= 15 is 0 Å². The van der Waals surface area contributed by atoms with Gasteiger partial charge in [-0.1, -0.05) is 6.07 Å². The van der Waals surface area contributed by atoms with E-state index in [2.05, 4.69) is 10.3 Å². The van der Waals surface area contributed by atoms with Gasteiger partial charge in [-0.05, 0) is 48.2 Å². The molecule has 154 valence electrons. The molecule has 0 unspecified atom stereocenters. The molecule has 0 saturated carbocycles. The van der Waals surface area contributed by atoms with Gasteiger partial charge in [-0.2, -0.15) is 13.2 Å². The smallest absolute Gasteiger partial charge is 0.397 e. The van der Waals surface area contributed by atoms with Gasteiger partial charge >= 0.3 is 6.18 Å². The summed E-state index contributed by atoms with van der Waals surface area (Å²) >= 11 is 2.06. The van der Waals surface area contributed by atoms with E-state index in [-0.39, 0.29) is 37.7 Å². The summed E-state index contributed by atoms with van der Waals surface area (Å²) in [5, 5.41) is 3.99. The van der Waals surface area contributed by atoms with Crippen LogP contribution in [0, 0.1) is 12.7 Å². The number of carbonyl (C=O) groups is 1. The summed E-state index contributed by atoms with van der Waals surface area (Å²) in [5.74, 6) is -1.17. The SMILES string of the molecule is Cc1c(-c2cccs2)nc2sc(C(=O)Nc3ccc(F)cc3)c(N)c2c1C(F)(F)F. The van der Waals surface area contributed by atoms with Crippen molar-refractivity contribution in [2.75, 3.05) is 11.1 Å². The quantitative estimate of drug-likeness (QED) is 0.358. The first-order chi connectivity index (χ1) is 14.2. The molecule has 1 aromatic carbocycles. The molecule has 3 aromatic heterocycles. The Labute approximate surface area is 176 Å². The number of hydrogen-bond acceptors (Lipinski definition) is 5. The van der Waals surface area contributed by atoms with Gasteiger partial charge in [0.15, 0.2) is 0 Å². The molecule has 3 N–H and O–H groups in total. The fourth-order valence-electron chi connectivity index (χ4n) is 3.14. The average molecular weight is 451 g/mol. The molecule has 4 rings (SSSR count). The van der Waals surface area contributed by atoms with Crippen LogP contribution in [0.5, 0.6) is 0 Å². The molecule has 1 amide bonds. The molecule has 0 bridgehead atoms. The minimum atomic E-state index is -4.68. The Morgan fingerprint density at radius 1 is 1.17 bits per heavy atom. The van der Waals surface area contributed by atoms with Crippen molar-refractivity contribution in [2.24, 2.45) is 0 Å². The molecule has 10 heteroatoms. The minimum absolute atomic E-state index is 0.0260. The predicted octanol–water partition coefficient (Wildman–Crippen LogP) is 6.33. The number of carbonyl (C=O) groups excluding carboxylic acids is 1. The van der Waals surface area contributed by atoms with Crippen molar-refractivity contribution in [3.05, 3.63) is 63.6 Å². The van der Waals surface area contributed by atoms with E-state index in [1.54, 1.807) is 17.5 Å². The van der Waals surface area contributed by atoms with Crippen LogP contribution in [0.4, 0.5) is 28.9 Å². The number of amides is 1. The predicted molar refractivity (Wildman–Crippen MR) is 111 cm³/mol. The second-order valence-electron chi connectivity index (χ2n) is 6.42. The van der Waals surface area contributed by atoms with Gasteiger partial charge in [0, 0.05) is 11.1 Å². The van der Waals surface area contributed by atoms with E-state index in [0.717, 1.165) is 23.5 Å². The Morgan fingerprint density at radius 2 is 1.87 bits per heavy atom. The summed E-state index contributed by atoms with van der Waals surface area (Å²) in [6.07, 6.45) is -4.68. The van der Waals surface area contributed by atoms with Crippen molar-refractivity contribution < 1.29 is 22.4 Å². The molecular weight excluding hydrogens is 438 g/mol. The molecule has 0 fully saturated rings. The maximum Gasteiger partial charge on any atom is 0.417 e. The molecule has 0 atom stereocenters. The maximum atomic E-state index is 14.0. The summed E-state index contributed by atoms with van der Waals surface area (Å²) in [6, 6.07) is 8.41. The van der Waals surface area contributed by atoms with Crippen LogP contribution in [0.2, 0.25) is 0 Å². The number of rotatable bonds is 3. The highest BCUT2D eigenvalue weighted by atomic mass is 32.1. The summed E-state index contributed by atoms with van der Waals surface area (Å²) in [5.41, 5.74) is 5.27. The number of pyridine rings is 1. The number of anilines is 2. The van der Waals surface area contributed by atoms with Gasteiger partial charge < -0.3 is 11.1 Å². The minimum Gasteiger partial charge on any atom is -0.397 e. The number of benzene rings is 1. The van der Waals surface area contributed by atoms with Gasteiger partial charge in [0.05, 0.1) is 21.8 Å². The van der Waals surface area contributed by atoms with Crippen LogP contribution in [0.25, 0.3) is 20.8 Å². The van der Waals surface area contributed by atoms with Crippen LogP contribution in [-0.2, 0) is 6.18 Å². The summed E-state index contributed by atoms with van der Waals surface area (Å²) in [6.45, 7) is 1.35. The third kappa shape index (κ3) is 3.52. The van der Waals surface area contributed by atoms with Crippen molar-refractivity contribution in [2.45, 2.75) is 13.1 Å². The van der Waals surface area contributed by atoms with Crippen molar-refractivity contribution in [3.63, 3.8) is 0 Å². The van der Waals surface area contributed by atoms with Crippen LogP contribution in [0.3, 0.4) is 0 Å². The zero-order chi connectivity index (χ0) is 21.6. The molecule has 3 heterocycles. The monoisotopic (exact) mass is 451 g/mol. The first-order valence-electron chi connectivity index (χ1n) is 8.57. The lowest BCUT2D eigenvalue weighted by Crippen LogP contribution is -2.13. The fourth-order valence-corrected chi connectivity index (χ4v) is 4.91. The second kappa shape index (κ2) is 7.37. The van der Waals surface area contributed by atoms with E-state index in [0.29, 0.717) is 4.88 Å². The number of alkyl halides is 3. The van der Waals surface area contributed by atoms with Crippen molar-refractivity contribution in [3.8, 4) is 10.6 Å². The number of nitrogens with zero attached hydrogens (tertiary/aromatic N) is 1. The highest BCUT2D eigenvalue weighted by Crippen LogP contribution is 2.46. The van der Waals surface area contributed by atoms with Crippen LogP contribution < -0.4 is 11.1 Å². The zero-order valence-electron chi connectivity index (χ0n) is 15.3. The highest BCUT2D eigenvalue weighted by molar-refractivity contribution is 7.21. The van der Waals surface area contributed by atoms with Crippen LogP contribution in [0.15, 0.2) is 41.8 Å². The standard InChI is InChI=1S/C20H13F4N3OS2/c1-9-14(20(22,23)24)13-15(25)17(18(28)26-11-6-4-10(21)5-7-11)30-19(13)27-16(9)12-3-2-8-29-12/h2-8H,25H2,1H3,(H,26,28). The molecule has 4 nitrogen and oxygen atoms in total. The number of nitrogens with one attached hydrogen (secondary N) is 1. The topological polar surface area (TPSA) is 68.0 Å². The number of nitrogens with two attached hydrogens (primary N) is 1. The Hall–Kier alpha value is -2.98. The molecule has 0 saturated heterocycles. The molecule has 0 aliphatic rings. The lowest BCUT2D eigenvalue weighted by molar-refractivity contribution is -0.136. The number of halogens is 4. The van der Waals surface area contributed by atoms with E-state index in [4.69, 9.17) is 5.73 Å². The third-order valence-electron chi connectivity index (χ3n) is 4.47. The Balaban J connectivity index is 1.88. The molecule has 4 aromatic rings. The molecular formula is C20H13F4N3OS2. The van der Waals surface area contributed by atoms with Crippen LogP contribution >= 0.6 is 22.7 Å². The fraction of sp³-hybridized carbons (Fsp3) is 0.100. The number of thiophene rings is 2. The lowest BCUT2D eigenvalue weighted by atomic mass is 10.0. The Morgan fingerprint density at radius 3 is 2.47 bits per heavy atom. The molecule has 0 radical (unpaired) electrons. The number of hydrogen-bond donors (Lipinski definition) is 2. The van der Waals surface area contributed by atoms with Crippen LogP contribution in [-0.4, -0.2) is 10.9 Å². The van der Waals surface area contributed by atoms with E-state index in [9.17, 15) is 22.4 Å². The third-order valence-corrected chi connectivity index (χ3v) is 6.44. The van der Waals surface area contributed by atoms with Crippen molar-refractivity contribution in [1.29, 1.82) is 0 Å². The second-order valence-corrected chi connectivity index (χ2v) is 8.37. The van der Waals surface area contributed by atoms with E-state index in [1.807, 2.05) is 0 Å².